The fourth-order valence-electron chi connectivity index (χ4n) is 4.66. The first-order valence-electron chi connectivity index (χ1n) is 9.52. The summed E-state index contributed by atoms with van der Waals surface area (Å²) in [5, 5.41) is 3.10. The van der Waals surface area contributed by atoms with Crippen molar-refractivity contribution < 1.29 is 4.79 Å². The second-order valence-corrected chi connectivity index (χ2v) is 7.56. The molecule has 3 heteroatoms. The minimum absolute atomic E-state index is 0.119. The summed E-state index contributed by atoms with van der Waals surface area (Å²) in [4.78, 5) is 17.0. The Hall–Kier alpha value is -2.16. The minimum atomic E-state index is 0.119. The minimum Gasteiger partial charge on any atom is -0.324 e. The van der Waals surface area contributed by atoms with Crippen LogP contribution in [0.2, 0.25) is 0 Å². The van der Waals surface area contributed by atoms with E-state index in [9.17, 15) is 4.79 Å². The maximum atomic E-state index is 12.8. The first-order valence-corrected chi connectivity index (χ1v) is 9.52. The fraction of sp³-hybridized carbons (Fsp3) is 0.455. The van der Waals surface area contributed by atoms with Gasteiger partial charge in [-0.3, -0.25) is 9.78 Å². The van der Waals surface area contributed by atoms with E-state index in [1.54, 1.807) is 17.3 Å². The maximum Gasteiger partial charge on any atom is 0.227 e. The molecule has 130 valence electrons. The number of carbonyl (C=O) groups is 1. The second kappa shape index (κ2) is 6.99. The number of nitrogens with zero attached hydrogens (tertiary/aromatic N) is 1. The SMILES string of the molecule is Cc1ncccc1NC(=O)C1CCC2=C3C=CC=CC3CCCC2C1. The number of amides is 1. The second-order valence-electron chi connectivity index (χ2n) is 7.56. The highest BCUT2D eigenvalue weighted by atomic mass is 16.1. The first-order chi connectivity index (χ1) is 12.2. The number of anilines is 1. The zero-order valence-electron chi connectivity index (χ0n) is 14.9. The molecule has 1 saturated carbocycles. The molecule has 25 heavy (non-hydrogen) atoms. The molecular formula is C22H26N2O. The maximum absolute atomic E-state index is 12.8. The highest BCUT2D eigenvalue weighted by molar-refractivity contribution is 5.93. The van der Waals surface area contributed by atoms with E-state index >= 15 is 0 Å². The summed E-state index contributed by atoms with van der Waals surface area (Å²) in [6.45, 7) is 1.94. The van der Waals surface area contributed by atoms with Gasteiger partial charge in [0, 0.05) is 18.0 Å². The van der Waals surface area contributed by atoms with Crippen LogP contribution < -0.4 is 5.32 Å². The van der Waals surface area contributed by atoms with Crippen LogP contribution in [0.15, 0.2) is 53.8 Å². The van der Waals surface area contributed by atoms with Crippen molar-refractivity contribution in [3.63, 3.8) is 0 Å². The zero-order chi connectivity index (χ0) is 17.2. The standard InChI is InChI=1S/C22H26N2O/c1-15-21(10-5-13-23-15)24-22(25)18-11-12-20-17(14-18)8-4-7-16-6-2-3-9-19(16)20/h2-3,5-6,9-10,13,16-18H,4,7-8,11-12,14H2,1H3,(H,24,25). The molecule has 0 bridgehead atoms. The van der Waals surface area contributed by atoms with E-state index in [1.165, 1.54) is 19.3 Å². The van der Waals surface area contributed by atoms with Crippen molar-refractivity contribution in [1.29, 1.82) is 0 Å². The molecule has 3 atom stereocenters. The Morgan fingerprint density at radius 2 is 2.16 bits per heavy atom. The smallest absolute Gasteiger partial charge is 0.227 e. The highest BCUT2D eigenvalue weighted by Crippen LogP contribution is 2.44. The number of aromatic nitrogens is 1. The van der Waals surface area contributed by atoms with Gasteiger partial charge in [-0.2, -0.15) is 0 Å². The van der Waals surface area contributed by atoms with E-state index in [-0.39, 0.29) is 11.8 Å². The molecule has 1 amide bonds. The predicted molar refractivity (Wildman–Crippen MR) is 101 cm³/mol. The van der Waals surface area contributed by atoms with E-state index in [0.717, 1.165) is 30.6 Å². The molecule has 1 aromatic rings. The van der Waals surface area contributed by atoms with Crippen molar-refractivity contribution in [2.24, 2.45) is 17.8 Å². The third-order valence-electron chi connectivity index (χ3n) is 6.03. The van der Waals surface area contributed by atoms with Gasteiger partial charge in [0.05, 0.1) is 11.4 Å². The van der Waals surface area contributed by atoms with Gasteiger partial charge in [-0.05, 0) is 62.7 Å². The average Bonchev–Trinajstić information content (AvgIpc) is 2.82. The van der Waals surface area contributed by atoms with Gasteiger partial charge in [-0.1, -0.05) is 36.3 Å². The van der Waals surface area contributed by atoms with Crippen LogP contribution in [0.5, 0.6) is 0 Å². The number of hydrogen-bond acceptors (Lipinski definition) is 2. The molecule has 0 aromatic carbocycles. The van der Waals surface area contributed by atoms with Gasteiger partial charge in [0.25, 0.3) is 0 Å². The molecule has 1 heterocycles. The van der Waals surface area contributed by atoms with Crippen LogP contribution in [0.1, 0.15) is 44.2 Å². The van der Waals surface area contributed by atoms with Crippen LogP contribution in [0.4, 0.5) is 5.69 Å². The summed E-state index contributed by atoms with van der Waals surface area (Å²) in [5.41, 5.74) is 4.90. The Labute approximate surface area is 149 Å². The lowest BCUT2D eigenvalue weighted by Crippen LogP contribution is -2.29. The van der Waals surface area contributed by atoms with E-state index in [1.807, 2.05) is 19.1 Å². The van der Waals surface area contributed by atoms with E-state index in [2.05, 4.69) is 34.6 Å². The van der Waals surface area contributed by atoms with Crippen molar-refractivity contribution >= 4 is 11.6 Å². The lowest BCUT2D eigenvalue weighted by atomic mass is 9.73. The quantitative estimate of drug-likeness (QED) is 0.830. The van der Waals surface area contributed by atoms with Gasteiger partial charge in [-0.15, -0.1) is 0 Å². The van der Waals surface area contributed by atoms with Crippen molar-refractivity contribution in [3.05, 3.63) is 59.5 Å². The summed E-state index contributed by atoms with van der Waals surface area (Å²) >= 11 is 0. The molecule has 4 rings (SSSR count). The van der Waals surface area contributed by atoms with Gasteiger partial charge in [-0.25, -0.2) is 0 Å². The summed E-state index contributed by atoms with van der Waals surface area (Å²) in [5.74, 6) is 1.47. The average molecular weight is 334 g/mol. The Kier molecular flexibility index (Phi) is 4.56. The van der Waals surface area contributed by atoms with E-state index in [4.69, 9.17) is 0 Å². The normalized spacial score (nSPS) is 28.1. The van der Waals surface area contributed by atoms with Crippen LogP contribution in [0.25, 0.3) is 0 Å². The molecule has 1 aromatic heterocycles. The number of hydrogen-bond donors (Lipinski definition) is 1. The largest absolute Gasteiger partial charge is 0.324 e. The predicted octanol–water partition coefficient (Wildman–Crippen LogP) is 4.97. The van der Waals surface area contributed by atoms with E-state index < -0.39 is 0 Å². The Balaban J connectivity index is 1.49. The molecule has 0 aliphatic heterocycles. The fourth-order valence-corrected chi connectivity index (χ4v) is 4.66. The van der Waals surface area contributed by atoms with Gasteiger partial charge < -0.3 is 5.32 Å². The summed E-state index contributed by atoms with van der Waals surface area (Å²) in [6.07, 6.45) is 17.6. The van der Waals surface area contributed by atoms with Crippen molar-refractivity contribution in [1.82, 2.24) is 4.98 Å². The number of nitrogens with one attached hydrogen (secondary N) is 1. The van der Waals surface area contributed by atoms with Gasteiger partial charge in [0.15, 0.2) is 0 Å². The van der Waals surface area contributed by atoms with E-state index in [0.29, 0.717) is 11.8 Å². The lowest BCUT2D eigenvalue weighted by molar-refractivity contribution is -0.120. The van der Waals surface area contributed by atoms with Gasteiger partial charge in [0.2, 0.25) is 5.91 Å². The Morgan fingerprint density at radius 1 is 1.24 bits per heavy atom. The molecule has 0 radical (unpaired) electrons. The van der Waals surface area contributed by atoms with Crippen LogP contribution in [0, 0.1) is 24.7 Å². The highest BCUT2D eigenvalue weighted by Gasteiger charge is 2.34. The lowest BCUT2D eigenvalue weighted by Gasteiger charge is -2.32. The monoisotopic (exact) mass is 334 g/mol. The molecular weight excluding hydrogens is 308 g/mol. The topological polar surface area (TPSA) is 42.0 Å². The molecule has 0 saturated heterocycles. The molecule has 3 aliphatic carbocycles. The number of rotatable bonds is 2. The molecule has 1 N–H and O–H groups in total. The first kappa shape index (κ1) is 16.3. The number of carbonyl (C=O) groups excluding carboxylic acids is 1. The number of allylic oxidation sites excluding steroid dienone is 6. The molecule has 3 unspecified atom stereocenters. The third-order valence-corrected chi connectivity index (χ3v) is 6.03. The molecule has 1 fully saturated rings. The molecule has 3 aliphatic rings. The number of pyridine rings is 1. The van der Waals surface area contributed by atoms with Crippen LogP contribution in [0.3, 0.4) is 0 Å². The van der Waals surface area contributed by atoms with Crippen molar-refractivity contribution in [3.8, 4) is 0 Å². The summed E-state index contributed by atoms with van der Waals surface area (Å²) < 4.78 is 0. The Bertz CT molecular complexity index is 759. The molecule has 3 nitrogen and oxygen atoms in total. The van der Waals surface area contributed by atoms with Crippen LogP contribution >= 0.6 is 0 Å². The number of fused-ring (bicyclic) bond motifs is 2. The van der Waals surface area contributed by atoms with Crippen LogP contribution in [-0.4, -0.2) is 10.9 Å². The Morgan fingerprint density at radius 3 is 3.04 bits per heavy atom. The van der Waals surface area contributed by atoms with Crippen LogP contribution in [-0.2, 0) is 4.79 Å². The summed E-state index contributed by atoms with van der Waals surface area (Å²) in [6, 6.07) is 3.81. The number of aryl methyl sites for hydroxylation is 1. The van der Waals surface area contributed by atoms with Crippen molar-refractivity contribution in [2.45, 2.75) is 45.4 Å². The summed E-state index contributed by atoms with van der Waals surface area (Å²) in [7, 11) is 0. The van der Waals surface area contributed by atoms with Gasteiger partial charge >= 0.3 is 0 Å². The zero-order valence-corrected chi connectivity index (χ0v) is 14.9. The third kappa shape index (κ3) is 3.33. The van der Waals surface area contributed by atoms with Crippen molar-refractivity contribution in [2.75, 3.05) is 5.32 Å². The molecule has 0 spiro atoms. The van der Waals surface area contributed by atoms with Gasteiger partial charge in [0.1, 0.15) is 0 Å².